The number of ether oxygens (including phenoxy) is 4. The van der Waals surface area contributed by atoms with Gasteiger partial charge < -0.3 is 18.9 Å². The molecule has 0 saturated carbocycles. The molecule has 0 spiro atoms. The van der Waals surface area contributed by atoms with E-state index in [1.54, 1.807) is 14.2 Å². The molecule has 266 valence electrons. The quantitative estimate of drug-likeness (QED) is 0.147. The minimum atomic E-state index is 0.0635. The molecule has 0 amide bonds. The summed E-state index contributed by atoms with van der Waals surface area (Å²) >= 11 is 0. The van der Waals surface area contributed by atoms with Crippen molar-refractivity contribution >= 4 is 45.8 Å². The zero-order chi connectivity index (χ0) is 37.1. The largest absolute Gasteiger partial charge is 0.497 e. The van der Waals surface area contributed by atoms with E-state index in [9.17, 15) is 0 Å². The van der Waals surface area contributed by atoms with Gasteiger partial charge >= 0.3 is 0 Å². The number of rotatable bonds is 8. The van der Waals surface area contributed by atoms with E-state index >= 15 is 0 Å². The maximum atomic E-state index is 6.66. The van der Waals surface area contributed by atoms with Gasteiger partial charge in [-0.3, -0.25) is 0 Å². The van der Waals surface area contributed by atoms with Gasteiger partial charge in [0, 0.05) is 22.3 Å². The average Bonchev–Trinajstić information content (AvgIpc) is 3.46. The smallest absolute Gasteiger partial charge is 0.231 e. The predicted octanol–water partition coefficient (Wildman–Crippen LogP) is 13.1. The number of fused-ring (bicyclic) bond motifs is 7. The summed E-state index contributed by atoms with van der Waals surface area (Å²) in [5, 5.41) is 4.40. The van der Waals surface area contributed by atoms with Crippen LogP contribution in [0.1, 0.15) is 22.3 Å². The van der Waals surface area contributed by atoms with Crippen molar-refractivity contribution in [3.05, 3.63) is 180 Å². The molecule has 0 saturated heterocycles. The molecule has 9 rings (SSSR count). The molecule has 0 aromatic heterocycles. The third kappa shape index (κ3) is 6.71. The highest BCUT2D eigenvalue weighted by molar-refractivity contribution is 6.13. The van der Waals surface area contributed by atoms with E-state index in [4.69, 9.17) is 18.9 Å². The third-order valence-corrected chi connectivity index (χ3v) is 10.3. The van der Waals surface area contributed by atoms with Gasteiger partial charge in [-0.05, 0) is 103 Å². The van der Waals surface area contributed by atoms with E-state index in [0.29, 0.717) is 0 Å². The predicted molar refractivity (Wildman–Crippen MR) is 228 cm³/mol. The van der Waals surface area contributed by atoms with E-state index in [-0.39, 0.29) is 6.79 Å². The lowest BCUT2D eigenvalue weighted by Crippen LogP contribution is -2.05. The van der Waals surface area contributed by atoms with Gasteiger partial charge in [-0.15, -0.1) is 0 Å². The maximum absolute atomic E-state index is 6.66. The van der Waals surface area contributed by atoms with E-state index in [1.807, 2.05) is 24.3 Å². The van der Waals surface area contributed by atoms with Crippen LogP contribution in [0.15, 0.2) is 158 Å². The lowest BCUT2D eigenvalue weighted by Gasteiger charge is -2.18. The number of hydrogen-bond acceptors (Lipinski definition) is 4. The van der Waals surface area contributed by atoms with Crippen LogP contribution in [0, 0.1) is 0 Å². The molecule has 0 unspecified atom stereocenters. The second kappa shape index (κ2) is 14.8. The van der Waals surface area contributed by atoms with Gasteiger partial charge in [-0.1, -0.05) is 133 Å². The molecule has 55 heavy (non-hydrogen) atoms. The van der Waals surface area contributed by atoms with Crippen molar-refractivity contribution in [3.63, 3.8) is 0 Å². The van der Waals surface area contributed by atoms with Crippen molar-refractivity contribution < 1.29 is 18.9 Å². The Bertz CT molecular complexity index is 2520. The monoisotopic (exact) mass is 714 g/mol. The molecule has 0 radical (unpaired) electrons. The van der Waals surface area contributed by atoms with E-state index < -0.39 is 0 Å². The van der Waals surface area contributed by atoms with Crippen LogP contribution in [0.5, 0.6) is 23.0 Å². The SMILES string of the molecule is COc1ccc(/C=C\c2cc3cc(-c4ccccc4)ccc3c3c2OCOc2c(/C=C\c4ccc(OC)cc4)cc4cc(-c5ccccc5)ccc4c2-3)cc1. The minimum Gasteiger partial charge on any atom is -0.497 e. The molecule has 1 heterocycles. The van der Waals surface area contributed by atoms with Crippen molar-refractivity contribution in [2.24, 2.45) is 0 Å². The van der Waals surface area contributed by atoms with Crippen molar-refractivity contribution in [1.29, 1.82) is 0 Å². The van der Waals surface area contributed by atoms with Gasteiger partial charge in [0.2, 0.25) is 6.79 Å². The summed E-state index contributed by atoms with van der Waals surface area (Å²) in [5.41, 5.74) is 10.7. The first-order valence-corrected chi connectivity index (χ1v) is 18.4. The highest BCUT2D eigenvalue weighted by atomic mass is 16.7. The van der Waals surface area contributed by atoms with Crippen molar-refractivity contribution in [3.8, 4) is 56.4 Å². The van der Waals surface area contributed by atoms with Crippen molar-refractivity contribution in [1.82, 2.24) is 0 Å². The fraction of sp³-hybridized carbons (Fsp3) is 0.0588. The first-order chi connectivity index (χ1) is 27.1. The fourth-order valence-corrected chi connectivity index (χ4v) is 7.44. The number of methoxy groups -OCH3 is 2. The first-order valence-electron chi connectivity index (χ1n) is 18.4. The minimum absolute atomic E-state index is 0.0635. The zero-order valence-electron chi connectivity index (χ0n) is 30.7. The Morgan fingerprint density at radius 3 is 1.24 bits per heavy atom. The molecule has 1 aliphatic heterocycles. The normalized spacial score (nSPS) is 12.3. The molecular formula is C51H38O4. The zero-order valence-corrected chi connectivity index (χ0v) is 30.7. The van der Waals surface area contributed by atoms with Crippen LogP contribution >= 0.6 is 0 Å². The molecule has 0 aliphatic carbocycles. The van der Waals surface area contributed by atoms with Gasteiger partial charge in [-0.25, -0.2) is 0 Å². The summed E-state index contributed by atoms with van der Waals surface area (Å²) in [4.78, 5) is 0. The summed E-state index contributed by atoms with van der Waals surface area (Å²) in [5.74, 6) is 3.21. The highest BCUT2D eigenvalue weighted by Crippen LogP contribution is 2.51. The second-order valence-electron chi connectivity index (χ2n) is 13.6. The van der Waals surface area contributed by atoms with Gasteiger partial charge in [0.15, 0.2) is 0 Å². The van der Waals surface area contributed by atoms with E-state index in [0.717, 1.165) is 89.1 Å². The van der Waals surface area contributed by atoms with Gasteiger partial charge in [-0.2, -0.15) is 0 Å². The van der Waals surface area contributed by atoms with Crippen molar-refractivity contribution in [2.75, 3.05) is 21.0 Å². The lowest BCUT2D eigenvalue weighted by molar-refractivity contribution is 0.124. The number of benzene rings is 8. The van der Waals surface area contributed by atoms with E-state index in [1.165, 1.54) is 11.1 Å². The Labute approximate surface area is 321 Å². The van der Waals surface area contributed by atoms with E-state index in [2.05, 4.69) is 158 Å². The molecule has 4 nitrogen and oxygen atoms in total. The van der Waals surface area contributed by atoms with Gasteiger partial charge in [0.05, 0.1) is 14.2 Å². The van der Waals surface area contributed by atoms with Gasteiger partial charge in [0.1, 0.15) is 23.0 Å². The molecule has 0 fully saturated rings. The van der Waals surface area contributed by atoms with Gasteiger partial charge in [0.25, 0.3) is 0 Å². The summed E-state index contributed by atoms with van der Waals surface area (Å²) in [7, 11) is 3.37. The molecular weight excluding hydrogens is 677 g/mol. The molecule has 0 atom stereocenters. The van der Waals surface area contributed by atoms with Crippen molar-refractivity contribution in [2.45, 2.75) is 0 Å². The Morgan fingerprint density at radius 2 is 0.836 bits per heavy atom. The summed E-state index contributed by atoms with van der Waals surface area (Å²) in [6, 6.07) is 55.1. The molecule has 4 heteroatoms. The second-order valence-corrected chi connectivity index (χ2v) is 13.6. The lowest BCUT2D eigenvalue weighted by atomic mass is 9.87. The molecule has 8 aromatic carbocycles. The Hall–Kier alpha value is -7.04. The van der Waals surface area contributed by atoms with Crippen LogP contribution in [-0.2, 0) is 0 Å². The van der Waals surface area contributed by atoms with Crippen LogP contribution in [0.3, 0.4) is 0 Å². The van der Waals surface area contributed by atoms with Crippen LogP contribution in [0.4, 0.5) is 0 Å². The summed E-state index contributed by atoms with van der Waals surface area (Å²) in [6.07, 6.45) is 8.53. The summed E-state index contributed by atoms with van der Waals surface area (Å²) < 4.78 is 24.1. The van der Waals surface area contributed by atoms with Crippen LogP contribution in [0.2, 0.25) is 0 Å². The Morgan fingerprint density at radius 1 is 0.418 bits per heavy atom. The Balaban J connectivity index is 1.31. The average molecular weight is 715 g/mol. The van der Waals surface area contributed by atoms with Crippen LogP contribution < -0.4 is 18.9 Å². The molecule has 0 N–H and O–H groups in total. The summed E-state index contributed by atoms with van der Waals surface area (Å²) in [6.45, 7) is 0.0635. The maximum Gasteiger partial charge on any atom is 0.231 e. The first kappa shape index (κ1) is 33.8. The van der Waals surface area contributed by atoms with Crippen LogP contribution in [0.25, 0.3) is 79.2 Å². The highest BCUT2D eigenvalue weighted by Gasteiger charge is 2.26. The topological polar surface area (TPSA) is 36.9 Å². The molecule has 0 bridgehead atoms. The molecule has 8 aromatic rings. The fourth-order valence-electron chi connectivity index (χ4n) is 7.44. The number of hydrogen-bond donors (Lipinski definition) is 0. The molecule has 1 aliphatic rings. The Kier molecular flexibility index (Phi) is 9.07. The van der Waals surface area contributed by atoms with Crippen LogP contribution in [-0.4, -0.2) is 21.0 Å². The third-order valence-electron chi connectivity index (χ3n) is 10.3. The standard InChI is InChI=1S/C51H38O4/c1-52-44-23-15-34(16-24-44)13-19-40-31-42-29-38(36-9-5-3-6-10-36)21-27-46(42)48-49-47-28-22-39(37-11-7-4-8-12-37)30-43(47)32-41(51(49)55-33-54-50(40)48)20-14-35-17-25-45(53-2)26-18-35/h3-32H,33H2,1-2H3/b19-13-,20-14-.